The summed E-state index contributed by atoms with van der Waals surface area (Å²) in [7, 11) is 0. The molecule has 0 bridgehead atoms. The third-order valence-electron chi connectivity index (χ3n) is 3.93. The van der Waals surface area contributed by atoms with Gasteiger partial charge in [0.15, 0.2) is 11.4 Å². The van der Waals surface area contributed by atoms with E-state index < -0.39 is 11.5 Å². The molecule has 0 saturated heterocycles. The van der Waals surface area contributed by atoms with E-state index in [0.29, 0.717) is 18.7 Å². The number of benzene rings is 1. The SMILES string of the molecule is Cc1cc(C)cc(-c2nnnn2C2(C(=O)O)CCC2)c1. The van der Waals surface area contributed by atoms with Crippen LogP contribution in [-0.2, 0) is 10.3 Å². The minimum atomic E-state index is -0.976. The Balaban J connectivity index is 2.13. The summed E-state index contributed by atoms with van der Waals surface area (Å²) >= 11 is 0. The summed E-state index contributed by atoms with van der Waals surface area (Å²) in [6.45, 7) is 4.00. The van der Waals surface area contributed by atoms with E-state index in [1.165, 1.54) is 4.68 Å². The van der Waals surface area contributed by atoms with Crippen molar-refractivity contribution in [2.75, 3.05) is 0 Å². The van der Waals surface area contributed by atoms with E-state index in [-0.39, 0.29) is 0 Å². The molecule has 1 aromatic carbocycles. The Morgan fingerprint density at radius 1 is 1.25 bits per heavy atom. The molecule has 0 amide bonds. The largest absolute Gasteiger partial charge is 0.479 e. The number of nitrogens with zero attached hydrogens (tertiary/aromatic N) is 4. The van der Waals surface area contributed by atoms with E-state index in [2.05, 4.69) is 21.6 Å². The number of rotatable bonds is 3. The Morgan fingerprint density at radius 3 is 2.40 bits per heavy atom. The molecule has 2 aromatic rings. The molecule has 1 aliphatic rings. The summed E-state index contributed by atoms with van der Waals surface area (Å²) in [6, 6.07) is 6.01. The maximum Gasteiger partial charge on any atom is 0.331 e. The maximum absolute atomic E-state index is 11.6. The van der Waals surface area contributed by atoms with Crippen molar-refractivity contribution in [1.29, 1.82) is 0 Å². The lowest BCUT2D eigenvalue weighted by Crippen LogP contribution is -2.48. The van der Waals surface area contributed by atoms with Crippen molar-refractivity contribution in [3.05, 3.63) is 29.3 Å². The molecule has 0 radical (unpaired) electrons. The predicted molar refractivity (Wildman–Crippen MR) is 72.2 cm³/mol. The van der Waals surface area contributed by atoms with Gasteiger partial charge in [-0.2, -0.15) is 0 Å². The average molecular weight is 272 g/mol. The summed E-state index contributed by atoms with van der Waals surface area (Å²) in [6.07, 6.45) is 2.04. The number of carboxylic acids is 1. The van der Waals surface area contributed by atoms with Gasteiger partial charge in [0.05, 0.1) is 0 Å². The Bertz CT molecular complexity index is 653. The van der Waals surface area contributed by atoms with Gasteiger partial charge < -0.3 is 5.11 Å². The van der Waals surface area contributed by atoms with Gasteiger partial charge in [-0.1, -0.05) is 17.2 Å². The van der Waals surface area contributed by atoms with Crippen molar-refractivity contribution in [3.63, 3.8) is 0 Å². The fourth-order valence-corrected chi connectivity index (χ4v) is 2.79. The van der Waals surface area contributed by atoms with Crippen molar-refractivity contribution in [2.45, 2.75) is 38.6 Å². The zero-order valence-corrected chi connectivity index (χ0v) is 11.5. The van der Waals surface area contributed by atoms with Gasteiger partial charge in [0.1, 0.15) is 0 Å². The molecule has 20 heavy (non-hydrogen) atoms. The first kappa shape index (κ1) is 12.8. The third-order valence-corrected chi connectivity index (χ3v) is 3.93. The van der Waals surface area contributed by atoms with Crippen LogP contribution >= 0.6 is 0 Å². The highest BCUT2D eigenvalue weighted by molar-refractivity contribution is 5.78. The van der Waals surface area contributed by atoms with Gasteiger partial charge in [-0.3, -0.25) is 0 Å². The third kappa shape index (κ3) is 1.79. The zero-order valence-electron chi connectivity index (χ0n) is 11.5. The summed E-state index contributed by atoms with van der Waals surface area (Å²) in [5.74, 6) is -0.333. The molecule has 0 aliphatic heterocycles. The van der Waals surface area contributed by atoms with E-state index in [1.54, 1.807) is 0 Å². The van der Waals surface area contributed by atoms with Gasteiger partial charge in [0.2, 0.25) is 0 Å². The Morgan fingerprint density at radius 2 is 1.90 bits per heavy atom. The van der Waals surface area contributed by atoms with Crippen molar-refractivity contribution in [2.24, 2.45) is 0 Å². The molecule has 1 aromatic heterocycles. The Labute approximate surface area is 116 Å². The predicted octanol–water partition coefficient (Wildman–Crippen LogP) is 1.92. The van der Waals surface area contributed by atoms with Crippen LogP contribution in [0.1, 0.15) is 30.4 Å². The first-order chi connectivity index (χ1) is 9.53. The quantitative estimate of drug-likeness (QED) is 0.923. The Kier molecular flexibility index (Phi) is 2.81. The molecule has 0 spiro atoms. The van der Waals surface area contributed by atoms with Crippen LogP contribution in [0.2, 0.25) is 0 Å². The number of carboxylic acid groups (broad SMARTS) is 1. The molecule has 0 atom stereocenters. The number of aromatic nitrogens is 4. The summed E-state index contributed by atoms with van der Waals surface area (Å²) in [5.41, 5.74) is 2.09. The fourth-order valence-electron chi connectivity index (χ4n) is 2.79. The molecular weight excluding hydrogens is 256 g/mol. The molecule has 6 heteroatoms. The number of aliphatic carboxylic acids is 1. The fraction of sp³-hybridized carbons (Fsp3) is 0.429. The summed E-state index contributed by atoms with van der Waals surface area (Å²) in [5, 5.41) is 21.2. The van der Waals surface area contributed by atoms with Gasteiger partial charge in [0.25, 0.3) is 0 Å². The van der Waals surface area contributed by atoms with Crippen LogP contribution in [0.5, 0.6) is 0 Å². The Hall–Kier alpha value is -2.24. The van der Waals surface area contributed by atoms with Crippen molar-refractivity contribution >= 4 is 5.97 Å². The van der Waals surface area contributed by atoms with Crippen LogP contribution in [0.3, 0.4) is 0 Å². The number of tetrazole rings is 1. The van der Waals surface area contributed by atoms with Gasteiger partial charge in [-0.25, -0.2) is 9.48 Å². The lowest BCUT2D eigenvalue weighted by atomic mass is 9.76. The van der Waals surface area contributed by atoms with Gasteiger partial charge in [-0.05, 0) is 55.7 Å². The molecule has 1 heterocycles. The second-order valence-electron chi connectivity index (χ2n) is 5.48. The van der Waals surface area contributed by atoms with E-state index in [1.807, 2.05) is 26.0 Å². The van der Waals surface area contributed by atoms with E-state index >= 15 is 0 Å². The maximum atomic E-state index is 11.6. The van der Waals surface area contributed by atoms with Gasteiger partial charge in [0, 0.05) is 5.56 Å². The normalized spacial score (nSPS) is 16.7. The highest BCUT2D eigenvalue weighted by Crippen LogP contribution is 2.40. The standard InChI is InChI=1S/C14H16N4O2/c1-9-6-10(2)8-11(7-9)12-15-16-17-18(12)14(13(19)20)4-3-5-14/h6-8H,3-5H2,1-2H3,(H,19,20). The van der Waals surface area contributed by atoms with Crippen LogP contribution in [0.25, 0.3) is 11.4 Å². The van der Waals surface area contributed by atoms with Crippen LogP contribution < -0.4 is 0 Å². The van der Waals surface area contributed by atoms with Crippen LogP contribution in [-0.4, -0.2) is 31.3 Å². The molecular formula is C14H16N4O2. The summed E-state index contributed by atoms with van der Waals surface area (Å²) in [4.78, 5) is 11.6. The molecule has 0 unspecified atom stereocenters. The zero-order chi connectivity index (χ0) is 14.3. The van der Waals surface area contributed by atoms with Crippen molar-refractivity contribution in [3.8, 4) is 11.4 Å². The van der Waals surface area contributed by atoms with E-state index in [0.717, 1.165) is 23.1 Å². The second-order valence-corrected chi connectivity index (χ2v) is 5.48. The molecule has 104 valence electrons. The van der Waals surface area contributed by atoms with Gasteiger partial charge in [-0.15, -0.1) is 5.10 Å². The highest BCUT2D eigenvalue weighted by atomic mass is 16.4. The van der Waals surface area contributed by atoms with Crippen molar-refractivity contribution in [1.82, 2.24) is 20.2 Å². The number of hydrogen-bond acceptors (Lipinski definition) is 4. The molecule has 1 N–H and O–H groups in total. The molecule has 1 aliphatic carbocycles. The van der Waals surface area contributed by atoms with E-state index in [4.69, 9.17) is 0 Å². The topological polar surface area (TPSA) is 80.9 Å². The monoisotopic (exact) mass is 272 g/mol. The van der Waals surface area contributed by atoms with Crippen LogP contribution in [0, 0.1) is 13.8 Å². The molecule has 1 saturated carbocycles. The van der Waals surface area contributed by atoms with Crippen molar-refractivity contribution < 1.29 is 9.90 Å². The minimum Gasteiger partial charge on any atom is -0.479 e. The van der Waals surface area contributed by atoms with Crippen LogP contribution in [0.15, 0.2) is 18.2 Å². The lowest BCUT2D eigenvalue weighted by Gasteiger charge is -2.37. The number of aryl methyl sites for hydroxylation is 2. The highest BCUT2D eigenvalue weighted by Gasteiger charge is 2.49. The number of carbonyl (C=O) groups is 1. The molecule has 3 rings (SSSR count). The average Bonchev–Trinajstić information content (AvgIpc) is 2.74. The molecule has 1 fully saturated rings. The minimum absolute atomic E-state index is 0.527. The van der Waals surface area contributed by atoms with Crippen LogP contribution in [0.4, 0.5) is 0 Å². The van der Waals surface area contributed by atoms with Gasteiger partial charge >= 0.3 is 5.97 Å². The smallest absolute Gasteiger partial charge is 0.331 e. The first-order valence-corrected chi connectivity index (χ1v) is 6.64. The second kappa shape index (κ2) is 4.40. The van der Waals surface area contributed by atoms with E-state index in [9.17, 15) is 9.90 Å². The molecule has 6 nitrogen and oxygen atoms in total. The summed E-state index contributed by atoms with van der Waals surface area (Å²) < 4.78 is 1.48. The number of hydrogen-bond donors (Lipinski definition) is 1. The lowest BCUT2D eigenvalue weighted by molar-refractivity contribution is -0.153. The first-order valence-electron chi connectivity index (χ1n) is 6.64.